The molecule has 3 heteroatoms. The van der Waals surface area contributed by atoms with Crippen LogP contribution in [-0.4, -0.2) is 18.0 Å². The lowest BCUT2D eigenvalue weighted by Gasteiger charge is -2.14. The van der Waals surface area contributed by atoms with Gasteiger partial charge in [-0.1, -0.05) is 6.07 Å². The van der Waals surface area contributed by atoms with E-state index in [0.717, 1.165) is 24.3 Å². The molecular weight excluding hydrogens is 230 g/mol. The maximum absolute atomic E-state index is 8.82. The number of hydrogen-bond acceptors (Lipinski definition) is 3. The molecule has 17 heavy (non-hydrogen) atoms. The third-order valence-electron chi connectivity index (χ3n) is 3.23. The minimum absolute atomic E-state index is 0.374. The summed E-state index contributed by atoms with van der Waals surface area (Å²) in [6.45, 7) is 5.12. The van der Waals surface area contributed by atoms with E-state index in [1.807, 2.05) is 23.9 Å². The Hall–Kier alpha value is -0.980. The predicted octanol–water partition coefficient (Wildman–Crippen LogP) is 3.28. The molecule has 2 unspecified atom stereocenters. The van der Waals surface area contributed by atoms with Crippen LogP contribution in [-0.2, 0) is 10.5 Å². The van der Waals surface area contributed by atoms with E-state index in [2.05, 4.69) is 26.0 Å². The summed E-state index contributed by atoms with van der Waals surface area (Å²) in [5, 5.41) is 9.43. The van der Waals surface area contributed by atoms with Crippen LogP contribution in [0.25, 0.3) is 0 Å². The van der Waals surface area contributed by atoms with E-state index in [4.69, 9.17) is 10.00 Å². The Labute approximate surface area is 107 Å². The van der Waals surface area contributed by atoms with Crippen LogP contribution >= 0.6 is 11.8 Å². The molecule has 0 N–H and O–H groups in total. The smallest absolute Gasteiger partial charge is 0.0991 e. The van der Waals surface area contributed by atoms with E-state index in [1.165, 1.54) is 11.1 Å². The summed E-state index contributed by atoms with van der Waals surface area (Å²) >= 11 is 1.96. The van der Waals surface area contributed by atoms with E-state index < -0.39 is 0 Å². The van der Waals surface area contributed by atoms with Crippen LogP contribution in [0.15, 0.2) is 18.2 Å². The number of aryl methyl sites for hydroxylation is 1. The van der Waals surface area contributed by atoms with Crippen LogP contribution in [0.3, 0.4) is 0 Å². The van der Waals surface area contributed by atoms with E-state index in [9.17, 15) is 0 Å². The fourth-order valence-electron chi connectivity index (χ4n) is 2.06. The molecule has 1 aliphatic heterocycles. The molecule has 0 aromatic heterocycles. The Morgan fingerprint density at radius 3 is 2.94 bits per heavy atom. The first-order chi connectivity index (χ1) is 8.20. The largest absolute Gasteiger partial charge is 0.377 e. The molecule has 0 bridgehead atoms. The lowest BCUT2D eigenvalue weighted by Crippen LogP contribution is -2.13. The zero-order valence-electron chi connectivity index (χ0n) is 10.3. The Balaban J connectivity index is 1.97. The van der Waals surface area contributed by atoms with Crippen molar-refractivity contribution in [3.05, 3.63) is 34.9 Å². The molecule has 0 spiro atoms. The van der Waals surface area contributed by atoms with Gasteiger partial charge in [0.05, 0.1) is 17.7 Å². The Morgan fingerprint density at radius 1 is 1.53 bits per heavy atom. The molecule has 1 aliphatic rings. The molecule has 1 aromatic rings. The molecule has 0 saturated carbocycles. The molecule has 1 heterocycles. The monoisotopic (exact) mass is 247 g/mol. The quantitative estimate of drug-likeness (QED) is 0.821. The molecule has 1 aromatic carbocycles. The predicted molar refractivity (Wildman–Crippen MR) is 71.0 cm³/mol. The second-order valence-electron chi connectivity index (χ2n) is 4.47. The second-order valence-corrected chi connectivity index (χ2v) is 5.69. The van der Waals surface area contributed by atoms with Gasteiger partial charge in [0.15, 0.2) is 0 Å². The summed E-state index contributed by atoms with van der Waals surface area (Å²) in [5.74, 6) is 1.01. The van der Waals surface area contributed by atoms with E-state index in [1.54, 1.807) is 0 Å². The normalized spacial score (nSPS) is 23.6. The van der Waals surface area contributed by atoms with Gasteiger partial charge in [0.2, 0.25) is 0 Å². The van der Waals surface area contributed by atoms with Gasteiger partial charge in [-0.15, -0.1) is 0 Å². The van der Waals surface area contributed by atoms with Crippen molar-refractivity contribution in [3.8, 4) is 6.07 Å². The summed E-state index contributed by atoms with van der Waals surface area (Å²) in [5.41, 5.74) is 3.28. The number of nitrogens with zero attached hydrogens (tertiary/aromatic N) is 1. The van der Waals surface area contributed by atoms with Crippen LogP contribution in [0.5, 0.6) is 0 Å². The topological polar surface area (TPSA) is 33.0 Å². The van der Waals surface area contributed by atoms with Gasteiger partial charge in [0.25, 0.3) is 0 Å². The first-order valence-corrected chi connectivity index (χ1v) is 6.98. The number of hydrogen-bond donors (Lipinski definition) is 0. The molecule has 90 valence electrons. The number of benzene rings is 1. The van der Waals surface area contributed by atoms with Gasteiger partial charge in [0.1, 0.15) is 0 Å². The zero-order valence-corrected chi connectivity index (χ0v) is 11.1. The highest BCUT2D eigenvalue weighted by Crippen LogP contribution is 2.29. The Morgan fingerprint density at radius 2 is 2.35 bits per heavy atom. The third kappa shape index (κ3) is 3.02. The second kappa shape index (κ2) is 5.57. The van der Waals surface area contributed by atoms with Crippen LogP contribution in [0.1, 0.15) is 30.0 Å². The van der Waals surface area contributed by atoms with Gasteiger partial charge in [-0.3, -0.25) is 0 Å². The highest BCUT2D eigenvalue weighted by Gasteiger charge is 2.24. The molecule has 2 rings (SSSR count). The lowest BCUT2D eigenvalue weighted by molar-refractivity contribution is 0.127. The van der Waals surface area contributed by atoms with Gasteiger partial charge >= 0.3 is 0 Å². The van der Waals surface area contributed by atoms with Crippen LogP contribution in [0.2, 0.25) is 0 Å². The van der Waals surface area contributed by atoms with Gasteiger partial charge in [-0.2, -0.15) is 17.0 Å². The van der Waals surface area contributed by atoms with E-state index in [-0.39, 0.29) is 0 Å². The lowest BCUT2D eigenvalue weighted by atomic mass is 10.1. The number of thioether (sulfide) groups is 1. The average Bonchev–Trinajstić information content (AvgIpc) is 2.73. The summed E-state index contributed by atoms with van der Waals surface area (Å²) in [6.07, 6.45) is 1.53. The summed E-state index contributed by atoms with van der Waals surface area (Å²) in [6, 6.07) is 8.11. The summed E-state index contributed by atoms with van der Waals surface area (Å²) in [4.78, 5) is 0. The molecular formula is C14H17NOS. The maximum Gasteiger partial charge on any atom is 0.0991 e. The number of ether oxygens (including phenoxy) is 1. The van der Waals surface area contributed by atoms with Gasteiger partial charge in [-0.05, 0) is 43.5 Å². The SMILES string of the molecule is Cc1cc(C#N)ccc1CSC1CCOC1C. The molecule has 1 fully saturated rings. The Kier molecular flexibility index (Phi) is 4.09. The van der Waals surface area contributed by atoms with Crippen molar-refractivity contribution in [2.45, 2.75) is 37.4 Å². The van der Waals surface area contributed by atoms with Crippen molar-refractivity contribution in [1.29, 1.82) is 5.26 Å². The van der Waals surface area contributed by atoms with E-state index >= 15 is 0 Å². The average molecular weight is 247 g/mol. The molecule has 1 saturated heterocycles. The van der Waals surface area contributed by atoms with Crippen molar-refractivity contribution >= 4 is 11.8 Å². The highest BCUT2D eigenvalue weighted by molar-refractivity contribution is 7.99. The van der Waals surface area contributed by atoms with Crippen LogP contribution in [0.4, 0.5) is 0 Å². The Bertz CT molecular complexity index is 438. The minimum Gasteiger partial charge on any atom is -0.377 e. The molecule has 2 atom stereocenters. The highest BCUT2D eigenvalue weighted by atomic mass is 32.2. The number of rotatable bonds is 3. The first-order valence-electron chi connectivity index (χ1n) is 5.93. The van der Waals surface area contributed by atoms with Crippen molar-refractivity contribution in [3.63, 3.8) is 0 Å². The van der Waals surface area contributed by atoms with E-state index in [0.29, 0.717) is 11.4 Å². The van der Waals surface area contributed by atoms with Crippen molar-refractivity contribution < 1.29 is 4.74 Å². The maximum atomic E-state index is 8.82. The molecule has 0 amide bonds. The summed E-state index contributed by atoms with van der Waals surface area (Å²) < 4.78 is 5.56. The first kappa shape index (κ1) is 12.5. The third-order valence-corrected chi connectivity index (χ3v) is 4.76. The van der Waals surface area contributed by atoms with Gasteiger partial charge in [0, 0.05) is 17.6 Å². The standard InChI is InChI=1S/C14H17NOS/c1-10-7-12(8-15)3-4-13(10)9-17-14-5-6-16-11(14)2/h3-4,7,11,14H,5-6,9H2,1-2H3. The van der Waals surface area contributed by atoms with Crippen molar-refractivity contribution in [2.24, 2.45) is 0 Å². The molecule has 0 radical (unpaired) electrons. The number of nitriles is 1. The zero-order chi connectivity index (χ0) is 12.3. The fraction of sp³-hybridized carbons (Fsp3) is 0.500. The fourth-order valence-corrected chi connectivity index (χ4v) is 3.39. The molecule has 0 aliphatic carbocycles. The summed E-state index contributed by atoms with van der Waals surface area (Å²) in [7, 11) is 0. The van der Waals surface area contributed by atoms with Gasteiger partial charge in [-0.25, -0.2) is 0 Å². The minimum atomic E-state index is 0.374. The van der Waals surface area contributed by atoms with Crippen LogP contribution < -0.4 is 0 Å². The van der Waals surface area contributed by atoms with Gasteiger partial charge < -0.3 is 4.74 Å². The van der Waals surface area contributed by atoms with Crippen molar-refractivity contribution in [2.75, 3.05) is 6.61 Å². The van der Waals surface area contributed by atoms with Crippen LogP contribution in [0, 0.1) is 18.3 Å². The van der Waals surface area contributed by atoms with Crippen molar-refractivity contribution in [1.82, 2.24) is 0 Å². The molecule has 2 nitrogen and oxygen atoms in total.